The number of carbonyl (C=O) groups excluding carboxylic acids is 1. The fraction of sp³-hybridized carbons (Fsp3) is 0.286. The summed E-state index contributed by atoms with van der Waals surface area (Å²) >= 11 is 4.68. The maximum Gasteiger partial charge on any atom is 0.234 e. The largest absolute Gasteiger partial charge is 0.441 e. The van der Waals surface area contributed by atoms with Gasteiger partial charge in [-0.05, 0) is 47.9 Å². The molecule has 152 valence electrons. The lowest BCUT2D eigenvalue weighted by molar-refractivity contribution is -0.113. The number of aliphatic imine (C=N–C) groups is 1. The first-order chi connectivity index (χ1) is 13.9. The van der Waals surface area contributed by atoms with Crippen LogP contribution in [0.25, 0.3) is 0 Å². The molecule has 0 saturated heterocycles. The summed E-state index contributed by atoms with van der Waals surface area (Å²) in [4.78, 5) is 16.7. The van der Waals surface area contributed by atoms with Crippen molar-refractivity contribution >= 4 is 50.4 Å². The second kappa shape index (κ2) is 9.93. The number of ether oxygens (including phenoxy) is 1. The van der Waals surface area contributed by atoms with Gasteiger partial charge in [-0.25, -0.2) is 0 Å². The van der Waals surface area contributed by atoms with Crippen LogP contribution in [0.3, 0.4) is 0 Å². The molecule has 6 nitrogen and oxygen atoms in total. The second-order valence-electron chi connectivity index (χ2n) is 6.87. The number of hydrogen-bond donors (Lipinski definition) is 1. The monoisotopic (exact) mass is 474 g/mol. The molecule has 0 saturated carbocycles. The lowest BCUT2D eigenvalue weighted by atomic mass is 10.0. The average molecular weight is 475 g/mol. The van der Waals surface area contributed by atoms with E-state index in [1.807, 2.05) is 55.6 Å². The van der Waals surface area contributed by atoms with Gasteiger partial charge in [0, 0.05) is 17.2 Å². The van der Waals surface area contributed by atoms with Crippen molar-refractivity contribution in [1.82, 2.24) is 5.01 Å². The maximum absolute atomic E-state index is 12.3. The molecular formula is C21H23BrN4O2S. The standard InChI is InChI=1S/C21H23BrN4O2S/c1-14(2)15-4-8-17(9-5-15)23-19(27)13-29-21-24-20(12-26(3)25-21)28-18-10-6-16(22)7-11-18/h4-11,14H,12-13H2,1-3H3,(H,23,27). The smallest absolute Gasteiger partial charge is 0.234 e. The normalized spacial score (nSPS) is 13.8. The van der Waals surface area contributed by atoms with Crippen LogP contribution in [-0.4, -0.2) is 41.3 Å². The predicted molar refractivity (Wildman–Crippen MR) is 124 cm³/mol. The van der Waals surface area contributed by atoms with Crippen LogP contribution in [0.1, 0.15) is 25.3 Å². The molecule has 0 aliphatic carbocycles. The highest BCUT2D eigenvalue weighted by Crippen LogP contribution is 2.20. The Morgan fingerprint density at radius 3 is 2.55 bits per heavy atom. The van der Waals surface area contributed by atoms with Gasteiger partial charge in [0.15, 0.2) is 0 Å². The van der Waals surface area contributed by atoms with Crippen molar-refractivity contribution in [3.05, 3.63) is 58.6 Å². The third-order valence-electron chi connectivity index (χ3n) is 4.08. The molecule has 0 unspecified atom stereocenters. The molecule has 1 aliphatic rings. The van der Waals surface area contributed by atoms with E-state index in [0.29, 0.717) is 29.3 Å². The third-order valence-corrected chi connectivity index (χ3v) is 5.45. The quantitative estimate of drug-likeness (QED) is 0.666. The number of anilines is 1. The molecule has 0 spiro atoms. The van der Waals surface area contributed by atoms with Crippen molar-refractivity contribution in [2.24, 2.45) is 10.1 Å². The van der Waals surface area contributed by atoms with Crippen LogP contribution < -0.4 is 10.1 Å². The number of hydrogen-bond acceptors (Lipinski definition) is 6. The van der Waals surface area contributed by atoms with E-state index in [4.69, 9.17) is 4.74 Å². The molecule has 0 aromatic heterocycles. The van der Waals surface area contributed by atoms with Crippen molar-refractivity contribution in [2.45, 2.75) is 19.8 Å². The van der Waals surface area contributed by atoms with Gasteiger partial charge in [0.1, 0.15) is 12.3 Å². The molecule has 1 heterocycles. The van der Waals surface area contributed by atoms with Crippen LogP contribution in [0.15, 0.2) is 63.1 Å². The van der Waals surface area contributed by atoms with Gasteiger partial charge < -0.3 is 10.1 Å². The summed E-state index contributed by atoms with van der Waals surface area (Å²) in [6.07, 6.45) is 0. The highest BCUT2D eigenvalue weighted by atomic mass is 79.9. The van der Waals surface area contributed by atoms with E-state index in [1.165, 1.54) is 17.3 Å². The zero-order chi connectivity index (χ0) is 20.8. The Morgan fingerprint density at radius 1 is 1.21 bits per heavy atom. The Balaban J connectivity index is 1.55. The van der Waals surface area contributed by atoms with Crippen molar-refractivity contribution in [3.8, 4) is 5.75 Å². The van der Waals surface area contributed by atoms with Gasteiger partial charge in [-0.15, -0.1) is 5.10 Å². The van der Waals surface area contributed by atoms with E-state index in [9.17, 15) is 4.79 Å². The van der Waals surface area contributed by atoms with Crippen molar-refractivity contribution in [1.29, 1.82) is 0 Å². The van der Waals surface area contributed by atoms with Crippen LogP contribution in [-0.2, 0) is 4.79 Å². The number of carbonyl (C=O) groups is 1. The number of halogens is 1. The summed E-state index contributed by atoms with van der Waals surface area (Å²) < 4.78 is 6.82. The van der Waals surface area contributed by atoms with Crippen LogP contribution in [0, 0.1) is 0 Å². The van der Waals surface area contributed by atoms with E-state index in [0.717, 1.165) is 10.2 Å². The zero-order valence-corrected chi connectivity index (χ0v) is 19.0. The first kappa shape index (κ1) is 21.4. The van der Waals surface area contributed by atoms with Crippen molar-refractivity contribution in [2.75, 3.05) is 24.7 Å². The number of thioether (sulfide) groups is 1. The molecule has 0 atom stereocenters. The summed E-state index contributed by atoms with van der Waals surface area (Å²) in [5, 5.41) is 9.50. The maximum atomic E-state index is 12.3. The van der Waals surface area contributed by atoms with Gasteiger partial charge in [0.25, 0.3) is 0 Å². The van der Waals surface area contributed by atoms with Crippen LogP contribution in [0.4, 0.5) is 5.69 Å². The summed E-state index contributed by atoms with van der Waals surface area (Å²) in [6, 6.07) is 15.5. The average Bonchev–Trinajstić information content (AvgIpc) is 2.68. The molecule has 2 aromatic rings. The van der Waals surface area contributed by atoms with Gasteiger partial charge in [0.2, 0.25) is 17.0 Å². The minimum atomic E-state index is -0.103. The Bertz CT molecular complexity index is 911. The van der Waals surface area contributed by atoms with Crippen LogP contribution >= 0.6 is 27.7 Å². The summed E-state index contributed by atoms with van der Waals surface area (Å²) in [5.74, 6) is 1.82. The number of amides is 1. The van der Waals surface area contributed by atoms with E-state index in [2.05, 4.69) is 45.2 Å². The van der Waals surface area contributed by atoms with Gasteiger partial charge in [0.05, 0.1) is 5.75 Å². The highest BCUT2D eigenvalue weighted by molar-refractivity contribution is 9.10. The minimum absolute atomic E-state index is 0.103. The summed E-state index contributed by atoms with van der Waals surface area (Å²) in [5.41, 5.74) is 2.02. The molecule has 2 aromatic carbocycles. The number of nitrogens with zero attached hydrogens (tertiary/aromatic N) is 3. The second-order valence-corrected chi connectivity index (χ2v) is 8.73. The number of amidine groups is 1. The lowest BCUT2D eigenvalue weighted by Crippen LogP contribution is -2.31. The Kier molecular flexibility index (Phi) is 7.33. The molecule has 0 radical (unpaired) electrons. The van der Waals surface area contributed by atoms with E-state index in [1.54, 1.807) is 5.01 Å². The van der Waals surface area contributed by atoms with Gasteiger partial charge in [-0.2, -0.15) is 4.99 Å². The fourth-order valence-corrected chi connectivity index (χ4v) is 3.54. The third kappa shape index (κ3) is 6.61. The molecule has 1 amide bonds. The van der Waals surface area contributed by atoms with Gasteiger partial charge in [-0.3, -0.25) is 9.80 Å². The number of rotatable bonds is 5. The highest BCUT2D eigenvalue weighted by Gasteiger charge is 2.16. The molecule has 0 fully saturated rings. The first-order valence-electron chi connectivity index (χ1n) is 9.22. The van der Waals surface area contributed by atoms with Crippen LogP contribution in [0.2, 0.25) is 0 Å². The van der Waals surface area contributed by atoms with Gasteiger partial charge >= 0.3 is 0 Å². The Hall–Kier alpha value is -2.32. The predicted octanol–water partition coefficient (Wildman–Crippen LogP) is 4.94. The summed E-state index contributed by atoms with van der Waals surface area (Å²) in [7, 11) is 1.84. The minimum Gasteiger partial charge on any atom is -0.441 e. The van der Waals surface area contributed by atoms with Gasteiger partial charge in [-0.1, -0.05) is 53.7 Å². The summed E-state index contributed by atoms with van der Waals surface area (Å²) in [6.45, 7) is 4.75. The molecule has 1 aliphatic heterocycles. The molecule has 29 heavy (non-hydrogen) atoms. The lowest BCUT2D eigenvalue weighted by Gasteiger charge is -2.20. The van der Waals surface area contributed by atoms with E-state index in [-0.39, 0.29) is 11.7 Å². The van der Waals surface area contributed by atoms with Crippen LogP contribution in [0.5, 0.6) is 5.75 Å². The van der Waals surface area contributed by atoms with Crippen molar-refractivity contribution < 1.29 is 9.53 Å². The molecule has 8 heteroatoms. The fourth-order valence-electron chi connectivity index (χ4n) is 2.57. The van der Waals surface area contributed by atoms with Crippen molar-refractivity contribution in [3.63, 3.8) is 0 Å². The first-order valence-corrected chi connectivity index (χ1v) is 11.0. The number of benzene rings is 2. The molecule has 3 rings (SSSR count). The van der Waals surface area contributed by atoms with E-state index >= 15 is 0 Å². The SMILES string of the molecule is CC(C)c1ccc(NC(=O)CSC2=NN(C)CC(Oc3ccc(Br)cc3)=N2)cc1. The molecule has 0 bridgehead atoms. The Labute approximate surface area is 183 Å². The zero-order valence-electron chi connectivity index (χ0n) is 16.6. The topological polar surface area (TPSA) is 66.3 Å². The number of likely N-dealkylation sites (N-methyl/N-ethyl adjacent to an activating group) is 1. The molecular weight excluding hydrogens is 452 g/mol. The number of nitrogens with one attached hydrogen (secondary N) is 1. The molecule has 1 N–H and O–H groups in total. The Morgan fingerprint density at radius 2 is 1.90 bits per heavy atom. The number of hydrazone groups is 1. The van der Waals surface area contributed by atoms with E-state index < -0.39 is 0 Å².